The summed E-state index contributed by atoms with van der Waals surface area (Å²) < 4.78 is 25.8. The number of likely N-dealkylation sites (tertiary alicyclic amines) is 2. The Balaban J connectivity index is 1.09. The van der Waals surface area contributed by atoms with E-state index < -0.39 is 9.84 Å². The molecule has 0 bridgehead atoms. The first kappa shape index (κ1) is 25.1. The van der Waals surface area contributed by atoms with Crippen LogP contribution in [0.2, 0.25) is 0 Å². The monoisotopic (exact) mass is 520 g/mol. The summed E-state index contributed by atoms with van der Waals surface area (Å²) in [5.74, 6) is 1.58. The predicted octanol–water partition coefficient (Wildman–Crippen LogP) is 5.16. The van der Waals surface area contributed by atoms with Crippen molar-refractivity contribution in [2.24, 2.45) is 5.92 Å². The molecule has 1 aromatic carbocycles. The van der Waals surface area contributed by atoms with Crippen molar-refractivity contribution in [3.63, 3.8) is 0 Å². The standard InChI is InChI=1S/C30H40N4O2S/c1-22-18-26(20-34-21-29(31-30(22)34)25-6-8-28(9-7-25)37(2,35)36)24-10-16-33(17-11-24)27-12-14-32(15-13-27)19-23-4-3-5-23/h6-9,18,20-21,23-24,27H,3-5,10-17,19H2,1-2H3. The smallest absolute Gasteiger partial charge is 0.175 e. The molecule has 3 aliphatic rings. The third-order valence-corrected chi connectivity index (χ3v) is 10.3. The number of hydrogen-bond donors (Lipinski definition) is 0. The number of hydrogen-bond acceptors (Lipinski definition) is 5. The molecular weight excluding hydrogens is 480 g/mol. The summed E-state index contributed by atoms with van der Waals surface area (Å²) in [5.41, 5.74) is 5.38. The number of nitrogens with zero attached hydrogens (tertiary/aromatic N) is 4. The van der Waals surface area contributed by atoms with Crippen LogP contribution in [-0.4, -0.2) is 72.6 Å². The number of pyridine rings is 1. The van der Waals surface area contributed by atoms with Crippen LogP contribution in [0.15, 0.2) is 47.6 Å². The molecule has 0 N–H and O–H groups in total. The molecule has 2 aliphatic heterocycles. The lowest BCUT2D eigenvalue weighted by atomic mass is 9.84. The molecule has 0 unspecified atom stereocenters. The maximum absolute atomic E-state index is 11.8. The highest BCUT2D eigenvalue weighted by atomic mass is 32.2. The highest BCUT2D eigenvalue weighted by Gasteiger charge is 2.30. The van der Waals surface area contributed by atoms with Crippen molar-refractivity contribution in [1.29, 1.82) is 0 Å². The normalized spacial score (nSPS) is 21.5. The Morgan fingerprint density at radius 1 is 0.919 bits per heavy atom. The quantitative estimate of drug-likeness (QED) is 0.450. The molecule has 2 saturated heterocycles. The third-order valence-electron chi connectivity index (χ3n) is 9.15. The van der Waals surface area contributed by atoms with E-state index in [9.17, 15) is 8.42 Å². The van der Waals surface area contributed by atoms with E-state index in [1.165, 1.54) is 95.1 Å². The number of sulfone groups is 1. The third kappa shape index (κ3) is 5.36. The Morgan fingerprint density at radius 3 is 2.24 bits per heavy atom. The summed E-state index contributed by atoms with van der Waals surface area (Å²) in [7, 11) is -3.20. The molecule has 0 radical (unpaired) electrons. The molecule has 7 heteroatoms. The fourth-order valence-electron chi connectivity index (χ4n) is 6.64. The van der Waals surface area contributed by atoms with E-state index in [0.29, 0.717) is 10.8 Å². The molecule has 0 spiro atoms. The zero-order valence-electron chi connectivity index (χ0n) is 22.3. The summed E-state index contributed by atoms with van der Waals surface area (Å²) in [4.78, 5) is 10.7. The second kappa shape index (κ2) is 10.2. The molecule has 198 valence electrons. The number of aromatic nitrogens is 2. The van der Waals surface area contributed by atoms with E-state index in [2.05, 4.69) is 39.6 Å². The average Bonchev–Trinajstić information content (AvgIpc) is 3.31. The van der Waals surface area contributed by atoms with E-state index in [-0.39, 0.29) is 0 Å². The first-order chi connectivity index (χ1) is 17.8. The minimum absolute atomic E-state index is 0.337. The van der Waals surface area contributed by atoms with E-state index >= 15 is 0 Å². The predicted molar refractivity (Wildman–Crippen MR) is 149 cm³/mol. The average molecular weight is 521 g/mol. The maximum Gasteiger partial charge on any atom is 0.175 e. The van der Waals surface area contributed by atoms with Crippen LogP contribution in [0.3, 0.4) is 0 Å². The molecule has 6 nitrogen and oxygen atoms in total. The Labute approximate surface area is 221 Å². The zero-order chi connectivity index (χ0) is 25.6. The molecule has 3 fully saturated rings. The van der Waals surface area contributed by atoms with Gasteiger partial charge in [0.25, 0.3) is 0 Å². The molecule has 1 aliphatic carbocycles. The van der Waals surface area contributed by atoms with Gasteiger partial charge in [-0.3, -0.25) is 0 Å². The fourth-order valence-corrected chi connectivity index (χ4v) is 7.27. The Bertz CT molecular complexity index is 1340. The van der Waals surface area contributed by atoms with Crippen LogP contribution in [0, 0.1) is 12.8 Å². The van der Waals surface area contributed by atoms with E-state index in [4.69, 9.17) is 4.98 Å². The molecule has 3 aromatic rings. The Morgan fingerprint density at radius 2 is 1.62 bits per heavy atom. The van der Waals surface area contributed by atoms with Crippen LogP contribution in [-0.2, 0) is 9.84 Å². The summed E-state index contributed by atoms with van der Waals surface area (Å²) in [6.45, 7) is 8.48. The van der Waals surface area contributed by atoms with Gasteiger partial charge in [-0.05, 0) is 107 Å². The molecular formula is C30H40N4O2S. The first-order valence-electron chi connectivity index (χ1n) is 14.1. The highest BCUT2D eigenvalue weighted by Crippen LogP contribution is 2.33. The maximum atomic E-state index is 11.8. The molecule has 0 atom stereocenters. The summed E-state index contributed by atoms with van der Waals surface area (Å²) in [5, 5.41) is 0. The largest absolute Gasteiger partial charge is 0.306 e. The number of rotatable bonds is 6. The summed E-state index contributed by atoms with van der Waals surface area (Å²) >= 11 is 0. The van der Waals surface area contributed by atoms with Crippen LogP contribution in [0.1, 0.15) is 62.0 Å². The molecule has 0 amide bonds. The van der Waals surface area contributed by atoms with Crippen molar-refractivity contribution in [1.82, 2.24) is 19.2 Å². The lowest BCUT2D eigenvalue weighted by Crippen LogP contribution is -2.48. The topological polar surface area (TPSA) is 57.9 Å². The van der Waals surface area contributed by atoms with Gasteiger partial charge in [-0.15, -0.1) is 0 Å². The Kier molecular flexibility index (Phi) is 6.88. The number of aryl methyl sites for hydroxylation is 1. The molecule has 1 saturated carbocycles. The van der Waals surface area contributed by atoms with Crippen LogP contribution >= 0.6 is 0 Å². The number of imidazole rings is 1. The minimum atomic E-state index is -3.20. The lowest BCUT2D eigenvalue weighted by molar-refractivity contribution is 0.0728. The number of fused-ring (bicyclic) bond motifs is 1. The van der Waals surface area contributed by atoms with Crippen molar-refractivity contribution in [3.05, 3.63) is 53.9 Å². The second-order valence-electron chi connectivity index (χ2n) is 11.7. The lowest BCUT2D eigenvalue weighted by Gasteiger charge is -2.43. The van der Waals surface area contributed by atoms with Gasteiger partial charge >= 0.3 is 0 Å². The number of benzene rings is 1. The van der Waals surface area contributed by atoms with Crippen LogP contribution in [0.25, 0.3) is 16.9 Å². The highest BCUT2D eigenvalue weighted by molar-refractivity contribution is 7.90. The first-order valence-corrected chi connectivity index (χ1v) is 16.0. The summed E-state index contributed by atoms with van der Waals surface area (Å²) in [6, 6.07) is 10.1. The van der Waals surface area contributed by atoms with Gasteiger partial charge in [-0.25, -0.2) is 13.4 Å². The van der Waals surface area contributed by atoms with Gasteiger partial charge in [-0.1, -0.05) is 24.6 Å². The fraction of sp³-hybridized carbons (Fsp3) is 0.567. The van der Waals surface area contributed by atoms with Crippen molar-refractivity contribution in [2.45, 2.75) is 68.7 Å². The van der Waals surface area contributed by atoms with Crippen molar-refractivity contribution in [3.8, 4) is 11.3 Å². The molecule has 2 aromatic heterocycles. The van der Waals surface area contributed by atoms with Crippen LogP contribution in [0.5, 0.6) is 0 Å². The van der Waals surface area contributed by atoms with Gasteiger partial charge in [0.05, 0.1) is 10.6 Å². The summed E-state index contributed by atoms with van der Waals surface area (Å²) in [6.07, 6.45) is 15.1. The molecule has 4 heterocycles. The zero-order valence-corrected chi connectivity index (χ0v) is 23.1. The van der Waals surface area contributed by atoms with E-state index in [1.54, 1.807) is 12.1 Å². The van der Waals surface area contributed by atoms with Crippen molar-refractivity contribution < 1.29 is 8.42 Å². The van der Waals surface area contributed by atoms with Crippen LogP contribution < -0.4 is 0 Å². The van der Waals surface area contributed by atoms with Crippen molar-refractivity contribution in [2.75, 3.05) is 39.0 Å². The number of piperidine rings is 2. The van der Waals surface area contributed by atoms with Gasteiger partial charge in [0, 0.05) is 36.8 Å². The van der Waals surface area contributed by atoms with Crippen LogP contribution in [0.4, 0.5) is 0 Å². The van der Waals surface area contributed by atoms with E-state index in [0.717, 1.165) is 28.9 Å². The van der Waals surface area contributed by atoms with Crippen molar-refractivity contribution >= 4 is 15.5 Å². The minimum Gasteiger partial charge on any atom is -0.306 e. The van der Waals surface area contributed by atoms with Gasteiger partial charge in [0.15, 0.2) is 9.84 Å². The molecule has 37 heavy (non-hydrogen) atoms. The van der Waals surface area contributed by atoms with Gasteiger partial charge in [0.2, 0.25) is 0 Å². The van der Waals surface area contributed by atoms with E-state index in [1.807, 2.05) is 12.1 Å². The van der Waals surface area contributed by atoms with Gasteiger partial charge in [-0.2, -0.15) is 0 Å². The van der Waals surface area contributed by atoms with Gasteiger partial charge in [0.1, 0.15) is 5.65 Å². The van der Waals surface area contributed by atoms with Gasteiger partial charge < -0.3 is 14.2 Å². The SMILES string of the molecule is Cc1cc(C2CCN(C3CCN(CC4CCC4)CC3)CC2)cn2cc(-c3ccc(S(C)(=O)=O)cc3)nc12. The Hall–Kier alpha value is -2.22. The molecule has 6 rings (SSSR count). The second-order valence-corrected chi connectivity index (χ2v) is 13.8.